The molecule has 0 bridgehead atoms. The molecule has 0 spiro atoms. The molecule has 0 fully saturated rings. The number of pyridine rings is 1. The first-order chi connectivity index (χ1) is 9.65. The summed E-state index contributed by atoms with van der Waals surface area (Å²) in [6.45, 7) is 3.99. The summed E-state index contributed by atoms with van der Waals surface area (Å²) in [5.41, 5.74) is 4.21. The molecule has 0 amide bonds. The zero-order valence-electron chi connectivity index (χ0n) is 11.6. The van der Waals surface area contributed by atoms with Crippen molar-refractivity contribution in [3.05, 3.63) is 77.0 Å². The number of nitrogens with zero attached hydrogens (tertiary/aromatic N) is 1. The summed E-state index contributed by atoms with van der Waals surface area (Å²) in [4.78, 5) is 17.0. The Bertz CT molecular complexity index is 805. The number of para-hydroxylation sites is 1. The maximum atomic E-state index is 12.5. The maximum Gasteiger partial charge on any atom is 0.211 e. The Morgan fingerprint density at radius 1 is 0.950 bits per heavy atom. The van der Waals surface area contributed by atoms with Gasteiger partial charge in [0.05, 0.1) is 5.52 Å². The van der Waals surface area contributed by atoms with E-state index in [1.54, 1.807) is 0 Å². The molecule has 2 aromatic carbocycles. The van der Waals surface area contributed by atoms with E-state index in [-0.39, 0.29) is 5.78 Å². The van der Waals surface area contributed by atoms with Gasteiger partial charge in [-0.05, 0) is 37.6 Å². The van der Waals surface area contributed by atoms with Crippen molar-refractivity contribution in [3.63, 3.8) is 0 Å². The van der Waals surface area contributed by atoms with Gasteiger partial charge >= 0.3 is 0 Å². The van der Waals surface area contributed by atoms with Crippen LogP contribution in [0.25, 0.3) is 10.9 Å². The molecule has 3 rings (SSSR count). The molecule has 0 aliphatic carbocycles. The monoisotopic (exact) mass is 261 g/mol. The van der Waals surface area contributed by atoms with E-state index in [0.717, 1.165) is 22.0 Å². The van der Waals surface area contributed by atoms with Crippen molar-refractivity contribution in [3.8, 4) is 0 Å². The fourth-order valence-corrected chi connectivity index (χ4v) is 2.40. The summed E-state index contributed by atoms with van der Waals surface area (Å²) in [6.07, 6.45) is 0. The van der Waals surface area contributed by atoms with Gasteiger partial charge in [-0.1, -0.05) is 42.0 Å². The predicted molar refractivity (Wildman–Crippen MR) is 81.1 cm³/mol. The fraction of sp³-hybridized carbons (Fsp3) is 0.111. The number of rotatable bonds is 2. The number of carbonyl (C=O) groups is 1. The van der Waals surface area contributed by atoms with Crippen molar-refractivity contribution in [2.75, 3.05) is 0 Å². The van der Waals surface area contributed by atoms with Crippen LogP contribution in [0.1, 0.15) is 27.2 Å². The molecule has 20 heavy (non-hydrogen) atoms. The van der Waals surface area contributed by atoms with Crippen LogP contribution in [0.4, 0.5) is 0 Å². The number of fused-ring (bicyclic) bond motifs is 1. The van der Waals surface area contributed by atoms with Crippen LogP contribution in [0.5, 0.6) is 0 Å². The van der Waals surface area contributed by atoms with Crippen molar-refractivity contribution in [1.29, 1.82) is 0 Å². The second kappa shape index (κ2) is 4.89. The zero-order valence-corrected chi connectivity index (χ0v) is 11.6. The van der Waals surface area contributed by atoms with Crippen molar-refractivity contribution < 1.29 is 4.79 Å². The molecule has 2 nitrogen and oxygen atoms in total. The standard InChI is InChI=1S/C18H15NO/c1-12-6-5-7-14(10-12)18(20)17-11-13(2)15-8-3-4-9-16(15)19-17/h3-11H,1-2H3. The Kier molecular flexibility index (Phi) is 3.07. The van der Waals surface area contributed by atoms with E-state index in [9.17, 15) is 4.79 Å². The van der Waals surface area contributed by atoms with E-state index in [0.29, 0.717) is 11.3 Å². The minimum absolute atomic E-state index is 0.0254. The lowest BCUT2D eigenvalue weighted by atomic mass is 10.0. The molecule has 0 saturated carbocycles. The van der Waals surface area contributed by atoms with Gasteiger partial charge < -0.3 is 0 Å². The van der Waals surface area contributed by atoms with Gasteiger partial charge in [0.25, 0.3) is 0 Å². The number of hydrogen-bond donors (Lipinski definition) is 0. The predicted octanol–water partition coefficient (Wildman–Crippen LogP) is 4.08. The number of benzene rings is 2. The number of aromatic nitrogens is 1. The summed E-state index contributed by atoms with van der Waals surface area (Å²) < 4.78 is 0. The van der Waals surface area contributed by atoms with Gasteiger partial charge in [-0.25, -0.2) is 4.98 Å². The van der Waals surface area contributed by atoms with Gasteiger partial charge in [-0.2, -0.15) is 0 Å². The third kappa shape index (κ3) is 2.21. The molecule has 3 aromatic rings. The lowest BCUT2D eigenvalue weighted by Gasteiger charge is -2.06. The molecule has 0 saturated heterocycles. The Morgan fingerprint density at radius 2 is 1.75 bits per heavy atom. The molecular weight excluding hydrogens is 246 g/mol. The average Bonchev–Trinajstić information content (AvgIpc) is 2.46. The van der Waals surface area contributed by atoms with Crippen LogP contribution in [0, 0.1) is 13.8 Å². The van der Waals surface area contributed by atoms with Crippen molar-refractivity contribution in [1.82, 2.24) is 4.98 Å². The van der Waals surface area contributed by atoms with E-state index in [4.69, 9.17) is 0 Å². The summed E-state index contributed by atoms with van der Waals surface area (Å²) in [7, 11) is 0. The zero-order chi connectivity index (χ0) is 14.1. The smallest absolute Gasteiger partial charge is 0.211 e. The van der Waals surface area contributed by atoms with Gasteiger partial charge in [0, 0.05) is 10.9 Å². The highest BCUT2D eigenvalue weighted by atomic mass is 16.1. The highest BCUT2D eigenvalue weighted by molar-refractivity contribution is 6.09. The van der Waals surface area contributed by atoms with Crippen LogP contribution < -0.4 is 0 Å². The molecule has 0 N–H and O–H groups in total. The van der Waals surface area contributed by atoms with E-state index < -0.39 is 0 Å². The summed E-state index contributed by atoms with van der Waals surface area (Å²) in [5, 5.41) is 1.09. The number of carbonyl (C=O) groups excluding carboxylic acids is 1. The Morgan fingerprint density at radius 3 is 2.55 bits per heavy atom. The highest BCUT2D eigenvalue weighted by Crippen LogP contribution is 2.19. The molecule has 98 valence electrons. The number of aryl methyl sites for hydroxylation is 2. The Hall–Kier alpha value is -2.48. The van der Waals surface area contributed by atoms with E-state index in [1.165, 1.54) is 0 Å². The third-order valence-corrected chi connectivity index (χ3v) is 3.44. The summed E-state index contributed by atoms with van der Waals surface area (Å²) >= 11 is 0. The highest BCUT2D eigenvalue weighted by Gasteiger charge is 2.12. The summed E-state index contributed by atoms with van der Waals surface area (Å²) in [6, 6.07) is 17.4. The third-order valence-electron chi connectivity index (χ3n) is 3.44. The molecule has 0 unspecified atom stereocenters. The van der Waals surface area contributed by atoms with Gasteiger partial charge in [-0.3, -0.25) is 4.79 Å². The van der Waals surface area contributed by atoms with E-state index in [1.807, 2.05) is 68.4 Å². The summed E-state index contributed by atoms with van der Waals surface area (Å²) in [5.74, 6) is -0.0254. The lowest BCUT2D eigenvalue weighted by molar-refractivity contribution is 0.103. The first kappa shape index (κ1) is 12.5. The van der Waals surface area contributed by atoms with Crippen LogP contribution in [0.3, 0.4) is 0 Å². The second-order valence-corrected chi connectivity index (χ2v) is 5.04. The first-order valence-electron chi connectivity index (χ1n) is 6.63. The lowest BCUT2D eigenvalue weighted by Crippen LogP contribution is -2.05. The second-order valence-electron chi connectivity index (χ2n) is 5.04. The molecule has 1 aromatic heterocycles. The molecule has 0 radical (unpaired) electrons. The van der Waals surface area contributed by atoms with Crippen LogP contribution in [-0.2, 0) is 0 Å². The minimum Gasteiger partial charge on any atom is -0.287 e. The van der Waals surface area contributed by atoms with Crippen molar-refractivity contribution in [2.24, 2.45) is 0 Å². The number of hydrogen-bond acceptors (Lipinski definition) is 2. The molecule has 2 heteroatoms. The van der Waals surface area contributed by atoms with Crippen molar-refractivity contribution >= 4 is 16.7 Å². The molecule has 0 aliphatic heterocycles. The maximum absolute atomic E-state index is 12.5. The average molecular weight is 261 g/mol. The van der Waals surface area contributed by atoms with Gasteiger partial charge in [0.15, 0.2) is 0 Å². The quantitative estimate of drug-likeness (QED) is 0.650. The molecule has 0 aliphatic rings. The molecule has 0 atom stereocenters. The Labute approximate surface area is 118 Å². The molecule has 1 heterocycles. The van der Waals surface area contributed by atoms with Gasteiger partial charge in [0.1, 0.15) is 5.69 Å². The normalized spacial score (nSPS) is 10.7. The minimum atomic E-state index is -0.0254. The largest absolute Gasteiger partial charge is 0.287 e. The van der Waals surface area contributed by atoms with Crippen LogP contribution in [0.2, 0.25) is 0 Å². The van der Waals surface area contributed by atoms with Crippen LogP contribution >= 0.6 is 0 Å². The van der Waals surface area contributed by atoms with Gasteiger partial charge in [0.2, 0.25) is 5.78 Å². The number of ketones is 1. The molecular formula is C18H15NO. The SMILES string of the molecule is Cc1cccc(C(=O)c2cc(C)c3ccccc3n2)c1. The first-order valence-corrected chi connectivity index (χ1v) is 6.63. The van der Waals surface area contributed by atoms with Crippen molar-refractivity contribution in [2.45, 2.75) is 13.8 Å². The van der Waals surface area contributed by atoms with E-state index >= 15 is 0 Å². The Balaban J connectivity index is 2.12. The van der Waals surface area contributed by atoms with E-state index in [2.05, 4.69) is 4.98 Å². The van der Waals surface area contributed by atoms with Crippen LogP contribution in [0.15, 0.2) is 54.6 Å². The van der Waals surface area contributed by atoms with Gasteiger partial charge in [-0.15, -0.1) is 0 Å². The topological polar surface area (TPSA) is 30.0 Å². The van der Waals surface area contributed by atoms with Crippen LogP contribution in [-0.4, -0.2) is 10.8 Å². The fourth-order valence-electron chi connectivity index (χ4n) is 2.40.